The number of hydrogen-bond acceptors (Lipinski definition) is 3. The maximum absolute atomic E-state index is 6.16. The van der Waals surface area contributed by atoms with Gasteiger partial charge < -0.3 is 9.64 Å². The van der Waals surface area contributed by atoms with Crippen LogP contribution in [0.15, 0.2) is 188 Å². The zero-order valence-electron chi connectivity index (χ0n) is 27.9. The van der Waals surface area contributed by atoms with Crippen molar-refractivity contribution >= 4 is 54.1 Å². The molecule has 3 heteroatoms. The molecule has 0 fully saturated rings. The maximum atomic E-state index is 6.16. The number of rotatable bonds is 6. The summed E-state index contributed by atoms with van der Waals surface area (Å²) in [4.78, 5) is 2.35. The van der Waals surface area contributed by atoms with Gasteiger partial charge in [-0.3, -0.25) is 0 Å². The average molecular weight is 672 g/mol. The molecule has 0 radical (unpaired) electrons. The minimum atomic E-state index is 0.276. The molecule has 1 aliphatic heterocycles. The topological polar surface area (TPSA) is 12.5 Å². The molecule has 51 heavy (non-hydrogen) atoms. The van der Waals surface area contributed by atoms with Gasteiger partial charge in [0.15, 0.2) is 0 Å². The predicted molar refractivity (Wildman–Crippen MR) is 215 cm³/mol. The fourth-order valence-corrected chi connectivity index (χ4v) is 8.76. The molecule has 1 aliphatic carbocycles. The second kappa shape index (κ2) is 12.3. The molecule has 1 unspecified atom stereocenters. The van der Waals surface area contributed by atoms with Crippen molar-refractivity contribution < 1.29 is 4.74 Å². The Balaban J connectivity index is 0.992. The summed E-state index contributed by atoms with van der Waals surface area (Å²) in [6.07, 6.45) is 5.31. The Hall–Kier alpha value is -6.16. The van der Waals surface area contributed by atoms with Crippen molar-refractivity contribution in [2.45, 2.75) is 12.3 Å². The van der Waals surface area contributed by atoms with E-state index in [0.717, 1.165) is 35.0 Å². The van der Waals surface area contributed by atoms with E-state index in [-0.39, 0.29) is 5.92 Å². The molecule has 242 valence electrons. The van der Waals surface area contributed by atoms with E-state index < -0.39 is 0 Å². The van der Waals surface area contributed by atoms with Crippen LogP contribution in [0.5, 0.6) is 5.75 Å². The van der Waals surface area contributed by atoms with Crippen molar-refractivity contribution in [3.8, 4) is 28.0 Å². The van der Waals surface area contributed by atoms with Crippen molar-refractivity contribution in [3.63, 3.8) is 0 Å². The zero-order chi connectivity index (χ0) is 33.7. The lowest BCUT2D eigenvalue weighted by atomic mass is 9.85. The summed E-state index contributed by atoms with van der Waals surface area (Å²) in [6.45, 7) is 0. The van der Waals surface area contributed by atoms with Gasteiger partial charge >= 0.3 is 0 Å². The van der Waals surface area contributed by atoms with E-state index >= 15 is 0 Å². The third-order valence-electron chi connectivity index (χ3n) is 10.3. The molecule has 1 aromatic heterocycles. The number of hydrogen-bond donors (Lipinski definition) is 0. The molecule has 0 spiro atoms. The Morgan fingerprint density at radius 3 is 1.78 bits per heavy atom. The molecule has 0 saturated carbocycles. The first kappa shape index (κ1) is 29.7. The van der Waals surface area contributed by atoms with E-state index in [4.69, 9.17) is 4.74 Å². The smallest absolute Gasteiger partial charge is 0.130 e. The summed E-state index contributed by atoms with van der Waals surface area (Å²) >= 11 is 1.86. The van der Waals surface area contributed by atoms with Gasteiger partial charge in [0.1, 0.15) is 11.5 Å². The first-order valence-electron chi connectivity index (χ1n) is 17.5. The molecule has 2 heterocycles. The first-order chi connectivity index (χ1) is 25.2. The highest BCUT2D eigenvalue weighted by molar-refractivity contribution is 7.25. The molecule has 0 saturated heterocycles. The fraction of sp³-hybridized carbons (Fsp3) is 0.0417. The van der Waals surface area contributed by atoms with E-state index in [9.17, 15) is 0 Å². The highest BCUT2D eigenvalue weighted by Gasteiger charge is 2.32. The van der Waals surface area contributed by atoms with Crippen LogP contribution in [0.1, 0.15) is 23.5 Å². The quantitative estimate of drug-likeness (QED) is 0.174. The summed E-state index contributed by atoms with van der Waals surface area (Å²) in [5.74, 6) is 2.31. The van der Waals surface area contributed by atoms with E-state index in [0.29, 0.717) is 0 Å². The Bertz CT molecular complexity index is 2610. The number of anilines is 3. The Morgan fingerprint density at radius 1 is 0.471 bits per heavy atom. The van der Waals surface area contributed by atoms with Crippen LogP contribution in [0.4, 0.5) is 17.1 Å². The summed E-state index contributed by atoms with van der Waals surface area (Å²) in [5.41, 5.74) is 12.1. The van der Waals surface area contributed by atoms with Gasteiger partial charge in [0, 0.05) is 48.7 Å². The van der Waals surface area contributed by atoms with E-state index in [1.54, 1.807) is 0 Å². The first-order valence-corrected chi connectivity index (χ1v) is 18.3. The fourth-order valence-electron chi connectivity index (χ4n) is 7.67. The molecule has 0 N–H and O–H groups in total. The number of benzene rings is 7. The number of fused-ring (bicyclic) bond motifs is 6. The largest absolute Gasteiger partial charge is 0.461 e. The van der Waals surface area contributed by atoms with Crippen molar-refractivity contribution in [2.24, 2.45) is 0 Å². The van der Waals surface area contributed by atoms with Gasteiger partial charge in [-0.15, -0.1) is 11.3 Å². The summed E-state index contributed by atoms with van der Waals surface area (Å²) in [5, 5.41) is 2.65. The van der Waals surface area contributed by atoms with Crippen molar-refractivity contribution in [2.75, 3.05) is 4.90 Å². The minimum Gasteiger partial charge on any atom is -0.461 e. The standard InChI is InChI=1S/C48H33NOS/c1-2-8-32(9-3-1)33-14-22-38(23-15-33)49(39-24-16-34(17-25-39)36-20-28-46-43(30-36)41-10-4-6-12-45(41)50-46)40-26-18-35(19-27-40)37-21-29-48-44(31-37)42-11-5-7-13-47(42)51-48/h1-29,31,43H,30H2. The highest BCUT2D eigenvalue weighted by Crippen LogP contribution is 2.48. The van der Waals surface area contributed by atoms with Crippen molar-refractivity contribution in [1.82, 2.24) is 0 Å². The van der Waals surface area contributed by atoms with Crippen LogP contribution in [-0.2, 0) is 0 Å². The molecule has 2 nitrogen and oxygen atoms in total. The Labute approximate surface area is 301 Å². The third kappa shape index (κ3) is 5.34. The number of thiophene rings is 1. The molecule has 7 aromatic carbocycles. The molecule has 2 aliphatic rings. The maximum Gasteiger partial charge on any atom is 0.130 e. The summed E-state index contributed by atoms with van der Waals surface area (Å²) < 4.78 is 8.82. The molecule has 0 bridgehead atoms. The number of allylic oxidation sites excluding steroid dienone is 4. The lowest BCUT2D eigenvalue weighted by molar-refractivity contribution is 0.426. The van der Waals surface area contributed by atoms with E-state index in [1.165, 1.54) is 59.1 Å². The Kier molecular flexibility index (Phi) is 7.18. The minimum absolute atomic E-state index is 0.276. The summed E-state index contributed by atoms with van der Waals surface area (Å²) in [6, 6.07) is 61.5. The molecular weight excluding hydrogens is 639 g/mol. The highest BCUT2D eigenvalue weighted by atomic mass is 32.1. The van der Waals surface area contributed by atoms with Gasteiger partial charge in [-0.25, -0.2) is 0 Å². The molecule has 1 atom stereocenters. The van der Waals surface area contributed by atoms with Crippen LogP contribution >= 0.6 is 11.3 Å². The van der Waals surface area contributed by atoms with Crippen LogP contribution in [0.3, 0.4) is 0 Å². The normalized spacial score (nSPS) is 14.8. The third-order valence-corrected chi connectivity index (χ3v) is 11.5. The number of para-hydroxylation sites is 1. The SMILES string of the molecule is C1=C(c2ccc(N(c3ccc(-c4ccccc4)cc3)c3ccc(-c4ccc5sc6ccccc6c5c4)cc3)cc2)CC2C(=C1)Oc1ccccc12. The van der Waals surface area contributed by atoms with Crippen molar-refractivity contribution in [3.05, 3.63) is 199 Å². The van der Waals surface area contributed by atoms with Gasteiger partial charge in [0.05, 0.1) is 0 Å². The predicted octanol–water partition coefficient (Wildman–Crippen LogP) is 13.7. The van der Waals surface area contributed by atoms with Gasteiger partial charge in [-0.2, -0.15) is 0 Å². The monoisotopic (exact) mass is 671 g/mol. The summed E-state index contributed by atoms with van der Waals surface area (Å²) in [7, 11) is 0. The van der Waals surface area contributed by atoms with Gasteiger partial charge in [-0.05, 0) is 107 Å². The van der Waals surface area contributed by atoms with Gasteiger partial charge in [0.2, 0.25) is 0 Å². The molecule has 8 aromatic rings. The van der Waals surface area contributed by atoms with E-state index in [1.807, 2.05) is 17.4 Å². The van der Waals surface area contributed by atoms with Crippen LogP contribution in [0.25, 0.3) is 48.0 Å². The molecule has 10 rings (SSSR count). The zero-order valence-corrected chi connectivity index (χ0v) is 28.7. The molecular formula is C48H33NOS. The number of nitrogens with zero attached hydrogens (tertiary/aromatic N) is 1. The van der Waals surface area contributed by atoms with Gasteiger partial charge in [-0.1, -0.05) is 115 Å². The van der Waals surface area contributed by atoms with Crippen LogP contribution in [-0.4, -0.2) is 0 Å². The number of ether oxygens (including phenoxy) is 1. The van der Waals surface area contributed by atoms with Gasteiger partial charge in [0.25, 0.3) is 0 Å². The van der Waals surface area contributed by atoms with Crippen molar-refractivity contribution in [1.29, 1.82) is 0 Å². The lowest BCUT2D eigenvalue weighted by Crippen LogP contribution is -2.10. The second-order valence-electron chi connectivity index (χ2n) is 13.3. The Morgan fingerprint density at radius 2 is 1.04 bits per heavy atom. The lowest BCUT2D eigenvalue weighted by Gasteiger charge is -2.26. The average Bonchev–Trinajstić information content (AvgIpc) is 3.77. The van der Waals surface area contributed by atoms with Crippen LogP contribution in [0.2, 0.25) is 0 Å². The molecule has 0 amide bonds. The van der Waals surface area contributed by atoms with E-state index in [2.05, 4.69) is 181 Å². The van der Waals surface area contributed by atoms with Crippen LogP contribution < -0.4 is 9.64 Å². The van der Waals surface area contributed by atoms with Crippen LogP contribution in [0, 0.1) is 0 Å². The second-order valence-corrected chi connectivity index (χ2v) is 14.4.